The molecule has 0 fully saturated rings. The maximum Gasteiger partial charge on any atom is 0.251 e. The van der Waals surface area contributed by atoms with Crippen molar-refractivity contribution in [3.63, 3.8) is 0 Å². The van der Waals surface area contributed by atoms with E-state index in [1.807, 2.05) is 18.2 Å². The van der Waals surface area contributed by atoms with E-state index in [0.29, 0.717) is 35.1 Å². The van der Waals surface area contributed by atoms with Crippen molar-refractivity contribution in [2.75, 3.05) is 12.3 Å². The predicted octanol–water partition coefficient (Wildman–Crippen LogP) is 2.68. The standard InChI is InChI=1S/C18H22N6O/c1-2-3-4-6-10-21-18(25)13-11-15(19)24-16(12-13)22-17(23-24)14-8-5-7-9-20-14/h5,7-9,11-12H,2-4,6,10,19H2,1H3,(H,21,25). The number of nitrogens with zero attached hydrogens (tertiary/aromatic N) is 4. The lowest BCUT2D eigenvalue weighted by Gasteiger charge is -2.06. The quantitative estimate of drug-likeness (QED) is 0.645. The number of anilines is 1. The molecule has 0 spiro atoms. The van der Waals surface area contributed by atoms with Crippen LogP contribution in [0.5, 0.6) is 0 Å². The minimum atomic E-state index is -0.145. The van der Waals surface area contributed by atoms with Gasteiger partial charge in [0.1, 0.15) is 11.5 Å². The highest BCUT2D eigenvalue weighted by atomic mass is 16.1. The molecule has 3 aromatic heterocycles. The lowest BCUT2D eigenvalue weighted by molar-refractivity contribution is 0.0953. The van der Waals surface area contributed by atoms with Crippen LogP contribution < -0.4 is 11.1 Å². The zero-order chi connectivity index (χ0) is 17.6. The minimum absolute atomic E-state index is 0.145. The number of fused-ring (bicyclic) bond motifs is 1. The normalized spacial score (nSPS) is 10.9. The Hall–Kier alpha value is -2.96. The van der Waals surface area contributed by atoms with Crippen LogP contribution in [-0.4, -0.2) is 32.0 Å². The van der Waals surface area contributed by atoms with Gasteiger partial charge in [-0.15, -0.1) is 5.10 Å². The van der Waals surface area contributed by atoms with Crippen LogP contribution in [0.2, 0.25) is 0 Å². The van der Waals surface area contributed by atoms with Crippen molar-refractivity contribution in [2.24, 2.45) is 0 Å². The van der Waals surface area contributed by atoms with Gasteiger partial charge in [0.2, 0.25) is 5.82 Å². The first-order valence-electron chi connectivity index (χ1n) is 8.55. The summed E-state index contributed by atoms with van der Waals surface area (Å²) in [5, 5.41) is 7.29. The number of rotatable bonds is 7. The Balaban J connectivity index is 1.78. The molecule has 3 heterocycles. The summed E-state index contributed by atoms with van der Waals surface area (Å²) in [7, 11) is 0. The van der Waals surface area contributed by atoms with E-state index in [9.17, 15) is 4.79 Å². The zero-order valence-corrected chi connectivity index (χ0v) is 14.3. The summed E-state index contributed by atoms with van der Waals surface area (Å²) in [6.45, 7) is 2.82. The Morgan fingerprint density at radius 3 is 2.88 bits per heavy atom. The second-order valence-electron chi connectivity index (χ2n) is 5.91. The van der Waals surface area contributed by atoms with E-state index in [1.165, 1.54) is 17.4 Å². The molecule has 3 rings (SSSR count). The van der Waals surface area contributed by atoms with E-state index in [0.717, 1.165) is 12.8 Å². The van der Waals surface area contributed by atoms with Gasteiger partial charge in [0.15, 0.2) is 5.65 Å². The van der Waals surface area contributed by atoms with Crippen molar-refractivity contribution < 1.29 is 4.79 Å². The Morgan fingerprint density at radius 1 is 1.24 bits per heavy atom. The number of hydrogen-bond acceptors (Lipinski definition) is 5. The van der Waals surface area contributed by atoms with Gasteiger partial charge in [-0.05, 0) is 30.7 Å². The zero-order valence-electron chi connectivity index (χ0n) is 14.3. The van der Waals surface area contributed by atoms with Gasteiger partial charge in [0.25, 0.3) is 5.91 Å². The molecule has 25 heavy (non-hydrogen) atoms. The van der Waals surface area contributed by atoms with Crippen molar-refractivity contribution in [1.29, 1.82) is 0 Å². The van der Waals surface area contributed by atoms with Gasteiger partial charge in [0, 0.05) is 18.3 Å². The number of unbranched alkanes of at least 4 members (excludes halogenated alkanes) is 3. The van der Waals surface area contributed by atoms with Crippen LogP contribution in [0.4, 0.5) is 5.82 Å². The summed E-state index contributed by atoms with van der Waals surface area (Å²) in [6.07, 6.45) is 6.14. The van der Waals surface area contributed by atoms with Gasteiger partial charge in [-0.2, -0.15) is 4.52 Å². The van der Waals surface area contributed by atoms with Crippen LogP contribution in [0, 0.1) is 0 Å². The van der Waals surface area contributed by atoms with Crippen molar-refractivity contribution in [1.82, 2.24) is 24.9 Å². The fraction of sp³-hybridized carbons (Fsp3) is 0.333. The monoisotopic (exact) mass is 338 g/mol. The molecule has 0 atom stereocenters. The fourth-order valence-corrected chi connectivity index (χ4v) is 2.60. The highest BCUT2D eigenvalue weighted by Crippen LogP contribution is 2.17. The highest BCUT2D eigenvalue weighted by Gasteiger charge is 2.13. The number of nitrogen functional groups attached to an aromatic ring is 1. The number of carbonyl (C=O) groups is 1. The third kappa shape index (κ3) is 3.93. The molecule has 0 aromatic carbocycles. The third-order valence-corrected chi connectivity index (χ3v) is 3.94. The number of aromatic nitrogens is 4. The molecule has 3 aromatic rings. The number of nitrogens with two attached hydrogens (primary N) is 1. The minimum Gasteiger partial charge on any atom is -0.384 e. The number of pyridine rings is 2. The Bertz CT molecular complexity index is 859. The van der Waals surface area contributed by atoms with E-state index in [2.05, 4.69) is 27.3 Å². The van der Waals surface area contributed by atoms with Gasteiger partial charge in [0.05, 0.1) is 0 Å². The van der Waals surface area contributed by atoms with Crippen LogP contribution in [0.25, 0.3) is 17.2 Å². The molecule has 0 saturated carbocycles. The summed E-state index contributed by atoms with van der Waals surface area (Å²) >= 11 is 0. The van der Waals surface area contributed by atoms with Crippen molar-refractivity contribution in [3.8, 4) is 11.5 Å². The van der Waals surface area contributed by atoms with Crippen molar-refractivity contribution >= 4 is 17.4 Å². The van der Waals surface area contributed by atoms with Crippen LogP contribution in [0.3, 0.4) is 0 Å². The number of carbonyl (C=O) groups excluding carboxylic acids is 1. The van der Waals surface area contributed by atoms with Crippen LogP contribution in [0.15, 0.2) is 36.5 Å². The third-order valence-electron chi connectivity index (χ3n) is 3.94. The summed E-state index contributed by atoms with van der Waals surface area (Å²) in [5.74, 6) is 0.695. The summed E-state index contributed by atoms with van der Waals surface area (Å²) in [4.78, 5) is 21.0. The number of nitrogens with one attached hydrogen (secondary N) is 1. The molecule has 7 heteroatoms. The molecular formula is C18H22N6O. The average molecular weight is 338 g/mol. The lowest BCUT2D eigenvalue weighted by Crippen LogP contribution is -2.24. The van der Waals surface area contributed by atoms with Crippen molar-refractivity contribution in [2.45, 2.75) is 32.6 Å². The van der Waals surface area contributed by atoms with E-state index in [4.69, 9.17) is 5.73 Å². The molecule has 7 nitrogen and oxygen atoms in total. The largest absolute Gasteiger partial charge is 0.384 e. The summed E-state index contributed by atoms with van der Waals surface area (Å²) < 4.78 is 1.52. The van der Waals surface area contributed by atoms with E-state index in [-0.39, 0.29) is 5.91 Å². The van der Waals surface area contributed by atoms with Gasteiger partial charge in [-0.25, -0.2) is 4.98 Å². The molecule has 0 aliphatic carbocycles. The molecule has 0 bridgehead atoms. The molecule has 1 amide bonds. The van der Waals surface area contributed by atoms with E-state index in [1.54, 1.807) is 18.3 Å². The van der Waals surface area contributed by atoms with E-state index >= 15 is 0 Å². The smallest absolute Gasteiger partial charge is 0.251 e. The van der Waals surface area contributed by atoms with Crippen LogP contribution in [-0.2, 0) is 0 Å². The Labute approximate surface area is 146 Å². The van der Waals surface area contributed by atoms with E-state index < -0.39 is 0 Å². The maximum absolute atomic E-state index is 12.3. The fourth-order valence-electron chi connectivity index (χ4n) is 2.60. The second kappa shape index (κ2) is 7.74. The van der Waals surface area contributed by atoms with Gasteiger partial charge in [-0.3, -0.25) is 9.78 Å². The topological polar surface area (TPSA) is 98.2 Å². The molecule has 0 aliphatic heterocycles. The Morgan fingerprint density at radius 2 is 2.12 bits per heavy atom. The molecule has 130 valence electrons. The molecule has 0 radical (unpaired) electrons. The first kappa shape index (κ1) is 16.9. The van der Waals surface area contributed by atoms with Crippen LogP contribution in [0.1, 0.15) is 43.0 Å². The summed E-state index contributed by atoms with van der Waals surface area (Å²) in [6, 6.07) is 8.84. The SMILES string of the molecule is CCCCCCNC(=O)c1cc(N)n2nc(-c3ccccn3)nc2c1. The van der Waals surface area contributed by atoms with Gasteiger partial charge >= 0.3 is 0 Å². The molecular weight excluding hydrogens is 316 g/mol. The van der Waals surface area contributed by atoms with Crippen LogP contribution >= 0.6 is 0 Å². The maximum atomic E-state index is 12.3. The second-order valence-corrected chi connectivity index (χ2v) is 5.91. The number of hydrogen-bond donors (Lipinski definition) is 2. The Kier molecular flexibility index (Phi) is 5.23. The molecule has 0 aliphatic rings. The summed E-state index contributed by atoms with van der Waals surface area (Å²) in [5.41, 5.74) is 7.71. The highest BCUT2D eigenvalue weighted by molar-refractivity contribution is 5.95. The number of amides is 1. The molecule has 3 N–H and O–H groups in total. The van der Waals surface area contributed by atoms with Gasteiger partial charge in [-0.1, -0.05) is 32.3 Å². The lowest BCUT2D eigenvalue weighted by atomic mass is 10.2. The average Bonchev–Trinajstić information content (AvgIpc) is 3.07. The van der Waals surface area contributed by atoms with Crippen molar-refractivity contribution in [3.05, 3.63) is 42.1 Å². The predicted molar refractivity (Wildman–Crippen MR) is 97.1 cm³/mol. The van der Waals surface area contributed by atoms with Gasteiger partial charge < -0.3 is 11.1 Å². The first-order chi connectivity index (χ1) is 12.2. The molecule has 0 unspecified atom stereocenters. The molecule has 0 saturated heterocycles. The first-order valence-corrected chi connectivity index (χ1v) is 8.55.